The topological polar surface area (TPSA) is 99.2 Å². The van der Waals surface area contributed by atoms with Gasteiger partial charge >= 0.3 is 5.97 Å². The van der Waals surface area contributed by atoms with Gasteiger partial charge in [0.05, 0.1) is 28.5 Å². The van der Waals surface area contributed by atoms with Crippen molar-refractivity contribution < 1.29 is 18.8 Å². The van der Waals surface area contributed by atoms with E-state index >= 15 is 0 Å². The average molecular weight is 410 g/mol. The number of aromatic nitrogens is 3. The number of ether oxygens (including phenoxy) is 1. The third-order valence-corrected chi connectivity index (χ3v) is 4.79. The molecule has 1 N–H and O–H groups in total. The van der Waals surface area contributed by atoms with Crippen LogP contribution in [0.5, 0.6) is 0 Å². The zero-order chi connectivity index (χ0) is 22.0. The predicted molar refractivity (Wildman–Crippen MR) is 112 cm³/mol. The summed E-state index contributed by atoms with van der Waals surface area (Å²) in [7, 11) is 0. The molecule has 0 fully saturated rings. The van der Waals surface area contributed by atoms with E-state index in [4.69, 9.17) is 9.26 Å². The molecular weight excluding hydrogens is 384 g/mol. The molecule has 30 heavy (non-hydrogen) atoms. The van der Waals surface area contributed by atoms with Crippen molar-refractivity contribution in [2.75, 3.05) is 11.9 Å². The summed E-state index contributed by atoms with van der Waals surface area (Å²) < 4.78 is 12.2. The van der Waals surface area contributed by atoms with Gasteiger partial charge in [0.2, 0.25) is 0 Å². The lowest BCUT2D eigenvalue weighted by atomic mass is 10.1. The molecular formula is C22H26N4O4. The Hall–Kier alpha value is -3.42. The van der Waals surface area contributed by atoms with Crippen molar-refractivity contribution in [3.05, 3.63) is 58.2 Å². The smallest absolute Gasteiger partial charge is 0.344 e. The van der Waals surface area contributed by atoms with Gasteiger partial charge in [0.1, 0.15) is 5.56 Å². The quantitative estimate of drug-likeness (QED) is 0.617. The van der Waals surface area contributed by atoms with Crippen LogP contribution in [0.1, 0.15) is 58.5 Å². The molecule has 0 aliphatic carbocycles. The third kappa shape index (κ3) is 4.27. The highest BCUT2D eigenvalue weighted by Gasteiger charge is 2.25. The van der Waals surface area contributed by atoms with Crippen LogP contribution in [0.15, 0.2) is 28.8 Å². The second-order valence-electron chi connectivity index (χ2n) is 7.58. The van der Waals surface area contributed by atoms with Crippen molar-refractivity contribution in [3.63, 3.8) is 0 Å². The van der Waals surface area contributed by atoms with Gasteiger partial charge in [0.15, 0.2) is 12.4 Å². The Balaban J connectivity index is 1.69. The van der Waals surface area contributed by atoms with E-state index in [1.54, 1.807) is 11.6 Å². The van der Waals surface area contributed by atoms with Crippen molar-refractivity contribution in [1.29, 1.82) is 0 Å². The van der Waals surface area contributed by atoms with Crippen molar-refractivity contribution in [3.8, 4) is 5.69 Å². The summed E-state index contributed by atoms with van der Waals surface area (Å²) in [6.07, 6.45) is 0. The maximum absolute atomic E-state index is 12.4. The number of carbonyl (C=O) groups excluding carboxylic acids is 2. The molecule has 158 valence electrons. The molecule has 0 aliphatic heterocycles. The van der Waals surface area contributed by atoms with Crippen LogP contribution in [0.25, 0.3) is 5.69 Å². The summed E-state index contributed by atoms with van der Waals surface area (Å²) in [5.74, 6) is -0.654. The van der Waals surface area contributed by atoms with Gasteiger partial charge in [0.25, 0.3) is 5.91 Å². The van der Waals surface area contributed by atoms with Gasteiger partial charge in [-0.25, -0.2) is 9.48 Å². The summed E-state index contributed by atoms with van der Waals surface area (Å²) in [6.45, 7) is 10.7. The molecule has 0 unspecified atom stereocenters. The summed E-state index contributed by atoms with van der Waals surface area (Å²) >= 11 is 0. The highest BCUT2D eigenvalue weighted by Crippen LogP contribution is 2.24. The maximum atomic E-state index is 12.4. The van der Waals surface area contributed by atoms with Crippen LogP contribution in [0.3, 0.4) is 0 Å². The minimum Gasteiger partial charge on any atom is -0.452 e. The number of hydrogen-bond donors (Lipinski definition) is 1. The molecule has 2 heterocycles. The van der Waals surface area contributed by atoms with Crippen LogP contribution in [-0.4, -0.2) is 33.4 Å². The van der Waals surface area contributed by atoms with E-state index in [1.807, 2.05) is 58.9 Å². The van der Waals surface area contributed by atoms with Gasteiger partial charge in [0, 0.05) is 5.92 Å². The molecule has 2 aromatic heterocycles. The number of nitrogens with zero attached hydrogens (tertiary/aromatic N) is 3. The second-order valence-corrected chi connectivity index (χ2v) is 7.58. The predicted octanol–water partition coefficient (Wildman–Crippen LogP) is 4.01. The van der Waals surface area contributed by atoms with Gasteiger partial charge in [-0.2, -0.15) is 5.10 Å². The minimum absolute atomic E-state index is 0.0273. The normalized spacial score (nSPS) is 11.0. The standard InChI is InChI=1S/C22H26N4O4/c1-12(2)21-19(14(4)25-30-21)22(28)29-11-18(27)23-20-15(5)24-26(16(20)6)17-9-7-13(3)8-10-17/h7-10,12H,11H2,1-6H3,(H,23,27). The summed E-state index contributed by atoms with van der Waals surface area (Å²) in [6, 6.07) is 7.94. The largest absolute Gasteiger partial charge is 0.452 e. The lowest BCUT2D eigenvalue weighted by Crippen LogP contribution is -2.22. The zero-order valence-corrected chi connectivity index (χ0v) is 18.1. The van der Waals surface area contributed by atoms with Crippen molar-refractivity contribution in [2.45, 2.75) is 47.5 Å². The van der Waals surface area contributed by atoms with Gasteiger partial charge in [-0.1, -0.05) is 36.7 Å². The van der Waals surface area contributed by atoms with Gasteiger partial charge < -0.3 is 14.6 Å². The number of hydrogen-bond acceptors (Lipinski definition) is 6. The highest BCUT2D eigenvalue weighted by molar-refractivity contribution is 5.97. The van der Waals surface area contributed by atoms with E-state index in [9.17, 15) is 9.59 Å². The second kappa shape index (κ2) is 8.52. The minimum atomic E-state index is -0.628. The van der Waals surface area contributed by atoms with Crippen LogP contribution in [0, 0.1) is 27.7 Å². The van der Waals surface area contributed by atoms with Crippen LogP contribution in [0.2, 0.25) is 0 Å². The van der Waals surface area contributed by atoms with E-state index in [1.165, 1.54) is 0 Å². The summed E-state index contributed by atoms with van der Waals surface area (Å²) in [5, 5.41) is 11.1. The number of amides is 1. The Kier molecular flexibility index (Phi) is 6.05. The molecule has 0 saturated heterocycles. The molecule has 0 spiro atoms. The Morgan fingerprint density at radius 1 is 1.10 bits per heavy atom. The lowest BCUT2D eigenvalue weighted by molar-refractivity contribution is -0.119. The molecule has 1 amide bonds. The van der Waals surface area contributed by atoms with E-state index in [2.05, 4.69) is 15.6 Å². The number of esters is 1. The number of rotatable bonds is 6. The molecule has 0 saturated carbocycles. The number of nitrogens with one attached hydrogen (secondary N) is 1. The fourth-order valence-corrected chi connectivity index (χ4v) is 3.17. The fraction of sp³-hybridized carbons (Fsp3) is 0.364. The van der Waals surface area contributed by atoms with Gasteiger partial charge in [-0.05, 0) is 39.8 Å². The summed E-state index contributed by atoms with van der Waals surface area (Å²) in [4.78, 5) is 24.9. The van der Waals surface area contributed by atoms with E-state index < -0.39 is 18.5 Å². The Morgan fingerprint density at radius 3 is 2.40 bits per heavy atom. The molecule has 1 aromatic carbocycles. The number of carbonyl (C=O) groups is 2. The molecule has 0 bridgehead atoms. The summed E-state index contributed by atoms with van der Waals surface area (Å²) in [5.41, 5.74) is 4.82. The van der Waals surface area contributed by atoms with Crippen LogP contribution >= 0.6 is 0 Å². The Labute approximate surface area is 175 Å². The first-order chi connectivity index (χ1) is 14.2. The molecule has 3 aromatic rings. The number of anilines is 1. The molecule has 8 nitrogen and oxygen atoms in total. The van der Waals surface area contributed by atoms with E-state index in [0.29, 0.717) is 22.8 Å². The van der Waals surface area contributed by atoms with Crippen LogP contribution in [-0.2, 0) is 9.53 Å². The van der Waals surface area contributed by atoms with E-state index in [0.717, 1.165) is 16.9 Å². The van der Waals surface area contributed by atoms with Gasteiger partial charge in [-0.15, -0.1) is 0 Å². The molecule has 0 atom stereocenters. The number of benzene rings is 1. The highest BCUT2D eigenvalue weighted by atomic mass is 16.5. The lowest BCUT2D eigenvalue weighted by Gasteiger charge is -2.09. The first-order valence-electron chi connectivity index (χ1n) is 9.75. The Bertz CT molecular complexity index is 1080. The third-order valence-electron chi connectivity index (χ3n) is 4.79. The first kappa shape index (κ1) is 21.3. The van der Waals surface area contributed by atoms with Gasteiger partial charge in [-0.3, -0.25) is 4.79 Å². The maximum Gasteiger partial charge on any atom is 0.344 e. The number of aryl methyl sites for hydroxylation is 3. The van der Waals surface area contributed by atoms with Crippen molar-refractivity contribution in [1.82, 2.24) is 14.9 Å². The van der Waals surface area contributed by atoms with Crippen molar-refractivity contribution in [2.24, 2.45) is 0 Å². The van der Waals surface area contributed by atoms with E-state index in [-0.39, 0.29) is 11.5 Å². The fourth-order valence-electron chi connectivity index (χ4n) is 3.17. The van der Waals surface area contributed by atoms with Crippen molar-refractivity contribution >= 4 is 17.6 Å². The molecule has 8 heteroatoms. The molecule has 3 rings (SSSR count). The SMILES string of the molecule is Cc1ccc(-n2nc(C)c(NC(=O)COC(=O)c3c(C)noc3C(C)C)c2C)cc1. The average Bonchev–Trinajstić information content (AvgIpc) is 3.22. The monoisotopic (exact) mass is 410 g/mol. The first-order valence-corrected chi connectivity index (χ1v) is 9.75. The zero-order valence-electron chi connectivity index (χ0n) is 18.1. The molecule has 0 aliphatic rings. The Morgan fingerprint density at radius 2 is 1.77 bits per heavy atom. The van der Waals surface area contributed by atoms with Crippen LogP contribution < -0.4 is 5.32 Å². The molecule has 0 radical (unpaired) electrons. The van der Waals surface area contributed by atoms with Crippen LogP contribution in [0.4, 0.5) is 5.69 Å².